The fourth-order valence-electron chi connectivity index (χ4n) is 2.07. The molecule has 2 aromatic rings. The van der Waals surface area contributed by atoms with Crippen LogP contribution in [0.2, 0.25) is 0 Å². The molecule has 0 aromatic carbocycles. The summed E-state index contributed by atoms with van der Waals surface area (Å²) < 4.78 is 29.5. The highest BCUT2D eigenvalue weighted by Gasteiger charge is 2.32. The molecule has 3 rings (SSSR count). The summed E-state index contributed by atoms with van der Waals surface area (Å²) >= 11 is 0. The maximum atomic E-state index is 12.5. The third-order valence-electron chi connectivity index (χ3n) is 3.04. The zero-order chi connectivity index (χ0) is 13.6. The predicted molar refractivity (Wildman–Crippen MR) is 65.2 cm³/mol. The van der Waals surface area contributed by atoms with Crippen LogP contribution in [-0.4, -0.2) is 43.8 Å². The standard InChI is InChI=1S/C9H13N7O2S/c1-14-4-7(9(10)13-14)19(17,18)16-3-2-15-6-11-12-8(15)5-16/h4,6H,2-3,5H2,1H3,(H2,10,13). The molecule has 0 atom stereocenters. The molecule has 0 aliphatic carbocycles. The molecule has 0 spiro atoms. The van der Waals surface area contributed by atoms with Crippen LogP contribution in [0.15, 0.2) is 17.4 Å². The van der Waals surface area contributed by atoms with Crippen molar-refractivity contribution in [2.75, 3.05) is 12.3 Å². The van der Waals surface area contributed by atoms with Gasteiger partial charge in [-0.05, 0) is 0 Å². The molecule has 0 saturated heterocycles. The summed E-state index contributed by atoms with van der Waals surface area (Å²) in [5.74, 6) is 0.631. The van der Waals surface area contributed by atoms with Crippen molar-refractivity contribution in [2.24, 2.45) is 7.05 Å². The lowest BCUT2D eigenvalue weighted by atomic mass is 10.4. The summed E-state index contributed by atoms with van der Waals surface area (Å²) in [6.45, 7) is 1.08. The SMILES string of the molecule is Cn1cc(S(=O)(=O)N2CCn3cnnc3C2)c(N)n1. The van der Waals surface area contributed by atoms with Crippen molar-refractivity contribution >= 4 is 15.8 Å². The van der Waals surface area contributed by atoms with Gasteiger partial charge in [-0.3, -0.25) is 4.68 Å². The second-order valence-electron chi connectivity index (χ2n) is 4.33. The normalized spacial score (nSPS) is 16.5. The van der Waals surface area contributed by atoms with Crippen LogP contribution in [0.4, 0.5) is 5.82 Å². The highest BCUT2D eigenvalue weighted by atomic mass is 32.2. The van der Waals surface area contributed by atoms with Crippen molar-refractivity contribution < 1.29 is 8.42 Å². The number of anilines is 1. The molecule has 2 N–H and O–H groups in total. The number of rotatable bonds is 2. The molecule has 3 heterocycles. The minimum atomic E-state index is -3.65. The molecule has 19 heavy (non-hydrogen) atoms. The van der Waals surface area contributed by atoms with Crippen LogP contribution < -0.4 is 5.73 Å². The molecular formula is C9H13N7O2S. The minimum Gasteiger partial charge on any atom is -0.381 e. The zero-order valence-corrected chi connectivity index (χ0v) is 11.1. The molecule has 102 valence electrons. The molecule has 0 amide bonds. The van der Waals surface area contributed by atoms with Gasteiger partial charge in [0.2, 0.25) is 10.0 Å². The van der Waals surface area contributed by atoms with Gasteiger partial charge in [0.25, 0.3) is 0 Å². The first kappa shape index (κ1) is 12.1. The summed E-state index contributed by atoms with van der Waals surface area (Å²) in [6, 6.07) is 0. The zero-order valence-electron chi connectivity index (χ0n) is 10.3. The van der Waals surface area contributed by atoms with Gasteiger partial charge in [0.1, 0.15) is 17.0 Å². The van der Waals surface area contributed by atoms with E-state index in [1.807, 2.05) is 4.57 Å². The van der Waals surface area contributed by atoms with Crippen molar-refractivity contribution in [2.45, 2.75) is 18.0 Å². The molecule has 0 radical (unpaired) electrons. The Morgan fingerprint density at radius 1 is 1.37 bits per heavy atom. The van der Waals surface area contributed by atoms with Crippen molar-refractivity contribution in [3.8, 4) is 0 Å². The minimum absolute atomic E-state index is 0.00883. The van der Waals surface area contributed by atoms with Crippen molar-refractivity contribution in [3.05, 3.63) is 18.3 Å². The van der Waals surface area contributed by atoms with Gasteiger partial charge in [0, 0.05) is 26.3 Å². The van der Waals surface area contributed by atoms with Crippen LogP contribution in [0, 0.1) is 0 Å². The third kappa shape index (κ3) is 1.88. The van der Waals surface area contributed by atoms with Gasteiger partial charge in [-0.15, -0.1) is 10.2 Å². The Hall–Kier alpha value is -1.94. The Kier molecular flexibility index (Phi) is 2.57. The molecule has 0 fully saturated rings. The summed E-state index contributed by atoms with van der Waals surface area (Å²) in [6.07, 6.45) is 3.00. The van der Waals surface area contributed by atoms with E-state index in [1.165, 1.54) is 15.2 Å². The van der Waals surface area contributed by atoms with E-state index in [0.29, 0.717) is 18.9 Å². The average Bonchev–Trinajstić information content (AvgIpc) is 2.94. The van der Waals surface area contributed by atoms with E-state index in [9.17, 15) is 8.42 Å². The first-order valence-corrected chi connectivity index (χ1v) is 7.08. The molecule has 0 unspecified atom stereocenters. The van der Waals surface area contributed by atoms with E-state index in [2.05, 4.69) is 15.3 Å². The largest absolute Gasteiger partial charge is 0.381 e. The molecule has 1 aliphatic heterocycles. The van der Waals surface area contributed by atoms with Gasteiger partial charge < -0.3 is 10.3 Å². The van der Waals surface area contributed by atoms with Crippen LogP contribution in [0.1, 0.15) is 5.82 Å². The van der Waals surface area contributed by atoms with E-state index < -0.39 is 10.0 Å². The Morgan fingerprint density at radius 2 is 2.16 bits per heavy atom. The van der Waals surface area contributed by atoms with Crippen molar-refractivity contribution in [3.63, 3.8) is 0 Å². The van der Waals surface area contributed by atoms with Gasteiger partial charge in [-0.2, -0.15) is 9.40 Å². The summed E-state index contributed by atoms with van der Waals surface area (Å²) in [5.41, 5.74) is 5.64. The number of aromatic nitrogens is 5. The summed E-state index contributed by atoms with van der Waals surface area (Å²) in [5, 5.41) is 11.5. The maximum Gasteiger partial charge on any atom is 0.248 e. The lowest BCUT2D eigenvalue weighted by molar-refractivity contribution is 0.335. The molecule has 0 bridgehead atoms. The topological polar surface area (TPSA) is 112 Å². The number of nitrogen functional groups attached to an aromatic ring is 1. The summed E-state index contributed by atoms with van der Waals surface area (Å²) in [4.78, 5) is 0.0305. The van der Waals surface area contributed by atoms with E-state index in [1.54, 1.807) is 13.4 Å². The predicted octanol–water partition coefficient (Wildman–Crippen LogP) is -1.20. The van der Waals surface area contributed by atoms with Gasteiger partial charge in [-0.1, -0.05) is 0 Å². The van der Waals surface area contributed by atoms with E-state index in [0.717, 1.165) is 0 Å². The van der Waals surface area contributed by atoms with Crippen molar-refractivity contribution in [1.82, 2.24) is 28.9 Å². The van der Waals surface area contributed by atoms with Crippen LogP contribution in [-0.2, 0) is 30.2 Å². The lowest BCUT2D eigenvalue weighted by Crippen LogP contribution is -2.38. The molecule has 2 aromatic heterocycles. The smallest absolute Gasteiger partial charge is 0.248 e. The fourth-order valence-corrected chi connectivity index (χ4v) is 3.55. The van der Waals surface area contributed by atoms with Crippen LogP contribution in [0.5, 0.6) is 0 Å². The monoisotopic (exact) mass is 283 g/mol. The van der Waals surface area contributed by atoms with E-state index in [4.69, 9.17) is 5.73 Å². The van der Waals surface area contributed by atoms with Crippen LogP contribution in [0.3, 0.4) is 0 Å². The Balaban J connectivity index is 1.96. The van der Waals surface area contributed by atoms with E-state index in [-0.39, 0.29) is 17.3 Å². The Labute approximate surface area is 109 Å². The van der Waals surface area contributed by atoms with Crippen LogP contribution >= 0.6 is 0 Å². The number of aryl methyl sites for hydroxylation is 1. The molecule has 1 aliphatic rings. The Morgan fingerprint density at radius 3 is 2.84 bits per heavy atom. The van der Waals surface area contributed by atoms with Crippen molar-refractivity contribution in [1.29, 1.82) is 0 Å². The molecule has 9 nitrogen and oxygen atoms in total. The van der Waals surface area contributed by atoms with Gasteiger partial charge in [0.15, 0.2) is 5.82 Å². The number of sulfonamides is 1. The number of hydrogen-bond donors (Lipinski definition) is 1. The Bertz CT molecular complexity index is 717. The quantitative estimate of drug-likeness (QED) is 0.740. The third-order valence-corrected chi connectivity index (χ3v) is 4.91. The number of nitrogens with zero attached hydrogens (tertiary/aromatic N) is 6. The number of fused-ring (bicyclic) bond motifs is 1. The van der Waals surface area contributed by atoms with Gasteiger partial charge >= 0.3 is 0 Å². The first-order chi connectivity index (χ1) is 8.98. The molecule has 0 saturated carbocycles. The molecular weight excluding hydrogens is 270 g/mol. The van der Waals surface area contributed by atoms with Crippen LogP contribution in [0.25, 0.3) is 0 Å². The maximum absolute atomic E-state index is 12.5. The van der Waals surface area contributed by atoms with Gasteiger partial charge in [-0.25, -0.2) is 8.42 Å². The fraction of sp³-hybridized carbons (Fsp3) is 0.444. The highest BCUT2D eigenvalue weighted by Crippen LogP contribution is 2.23. The second-order valence-corrected chi connectivity index (χ2v) is 6.24. The number of hydrogen-bond acceptors (Lipinski definition) is 6. The van der Waals surface area contributed by atoms with E-state index >= 15 is 0 Å². The summed E-state index contributed by atoms with van der Waals surface area (Å²) in [7, 11) is -2.02. The van der Waals surface area contributed by atoms with Gasteiger partial charge in [0.05, 0.1) is 6.54 Å². The average molecular weight is 283 g/mol. The lowest BCUT2D eigenvalue weighted by Gasteiger charge is -2.25. The first-order valence-electron chi connectivity index (χ1n) is 5.64. The number of nitrogens with two attached hydrogens (primary N) is 1. The highest BCUT2D eigenvalue weighted by molar-refractivity contribution is 7.89. The second kappa shape index (κ2) is 4.03. The molecule has 10 heteroatoms.